The predicted molar refractivity (Wildman–Crippen MR) is 150 cm³/mol. The standard InChI is InChI=1S/C30H32F3N5O5/c1-14-11-38(12-23(34)28(14)39)27-17-4-6-42-30(17)36-10-19(27)18-9-22(33)26(37-25(18)29(35)40)24-20(31)7-16(8-21(24)32)43-15-3-2-5-41-13-15/h7-10,14-15,23,28,39H,2-6,11-13,34H2,1H3,(H2,35,40)/t14-,15?,23+,28+/m0/s1. The van der Waals surface area contributed by atoms with E-state index in [0.717, 1.165) is 30.2 Å². The number of halogens is 3. The highest BCUT2D eigenvalue weighted by Gasteiger charge is 2.36. The van der Waals surface area contributed by atoms with Crippen LogP contribution in [0, 0.1) is 23.4 Å². The molecule has 0 spiro atoms. The maximum atomic E-state index is 15.8. The van der Waals surface area contributed by atoms with Crippen molar-refractivity contribution >= 4 is 11.6 Å². The Kier molecular flexibility index (Phi) is 7.88. The number of anilines is 1. The van der Waals surface area contributed by atoms with Crippen molar-refractivity contribution in [2.24, 2.45) is 17.4 Å². The van der Waals surface area contributed by atoms with E-state index in [-0.39, 0.29) is 29.9 Å². The second-order valence-electron chi connectivity index (χ2n) is 11.2. The Morgan fingerprint density at radius 3 is 2.56 bits per heavy atom. The monoisotopic (exact) mass is 599 g/mol. The van der Waals surface area contributed by atoms with Crippen molar-refractivity contribution in [1.82, 2.24) is 9.97 Å². The zero-order valence-electron chi connectivity index (χ0n) is 23.5. The molecule has 6 rings (SSSR count). The third kappa shape index (κ3) is 5.48. The first kappa shape index (κ1) is 29.1. The smallest absolute Gasteiger partial charge is 0.267 e. The Balaban J connectivity index is 1.44. The molecule has 228 valence electrons. The largest absolute Gasteiger partial charge is 0.488 e. The summed E-state index contributed by atoms with van der Waals surface area (Å²) >= 11 is 0. The van der Waals surface area contributed by atoms with Gasteiger partial charge >= 0.3 is 0 Å². The Labute approximate surface area is 245 Å². The fourth-order valence-corrected chi connectivity index (χ4v) is 6.08. The number of ether oxygens (including phenoxy) is 3. The minimum absolute atomic E-state index is 0.00337. The van der Waals surface area contributed by atoms with E-state index in [9.17, 15) is 9.90 Å². The number of rotatable bonds is 6. The van der Waals surface area contributed by atoms with Crippen LogP contribution in [0.5, 0.6) is 11.6 Å². The van der Waals surface area contributed by atoms with E-state index >= 15 is 13.2 Å². The van der Waals surface area contributed by atoms with Gasteiger partial charge in [-0.3, -0.25) is 4.79 Å². The second kappa shape index (κ2) is 11.6. The first-order chi connectivity index (χ1) is 20.6. The maximum absolute atomic E-state index is 15.8. The average Bonchev–Trinajstić information content (AvgIpc) is 3.45. The summed E-state index contributed by atoms with van der Waals surface area (Å²) in [4.78, 5) is 23.1. The molecule has 3 aliphatic rings. The van der Waals surface area contributed by atoms with Crippen molar-refractivity contribution in [1.29, 1.82) is 0 Å². The van der Waals surface area contributed by atoms with Crippen LogP contribution in [0.15, 0.2) is 24.4 Å². The zero-order valence-corrected chi connectivity index (χ0v) is 23.5. The molecular weight excluding hydrogens is 567 g/mol. The zero-order chi connectivity index (χ0) is 30.4. The van der Waals surface area contributed by atoms with Crippen LogP contribution in [-0.2, 0) is 11.2 Å². The van der Waals surface area contributed by atoms with Gasteiger partial charge in [-0.2, -0.15) is 0 Å². The Morgan fingerprint density at radius 2 is 1.88 bits per heavy atom. The lowest BCUT2D eigenvalue weighted by Crippen LogP contribution is -2.56. The summed E-state index contributed by atoms with van der Waals surface area (Å²) in [5.41, 5.74) is 11.7. The number of aromatic nitrogens is 2. The average molecular weight is 600 g/mol. The fraction of sp³-hybridized carbons (Fsp3) is 0.433. The Hall–Kier alpha value is -3.94. The van der Waals surface area contributed by atoms with E-state index in [0.29, 0.717) is 56.3 Å². The Morgan fingerprint density at radius 1 is 1.12 bits per heavy atom. The Bertz CT molecular complexity index is 1530. The van der Waals surface area contributed by atoms with E-state index in [2.05, 4.69) is 9.97 Å². The molecule has 43 heavy (non-hydrogen) atoms. The van der Waals surface area contributed by atoms with Gasteiger partial charge in [-0.15, -0.1) is 0 Å². The minimum Gasteiger partial charge on any atom is -0.488 e. The highest BCUT2D eigenvalue weighted by Crippen LogP contribution is 2.43. The lowest BCUT2D eigenvalue weighted by atomic mass is 9.90. The van der Waals surface area contributed by atoms with Gasteiger partial charge in [0.25, 0.3) is 5.91 Å². The fourth-order valence-electron chi connectivity index (χ4n) is 6.08. The number of aliphatic hydroxyl groups excluding tert-OH is 1. The van der Waals surface area contributed by atoms with Gasteiger partial charge in [0, 0.05) is 73.1 Å². The van der Waals surface area contributed by atoms with Crippen LogP contribution >= 0.6 is 0 Å². The first-order valence-electron chi connectivity index (χ1n) is 14.2. The summed E-state index contributed by atoms with van der Waals surface area (Å²) < 4.78 is 63.1. The molecule has 5 heterocycles. The summed E-state index contributed by atoms with van der Waals surface area (Å²) in [5.74, 6) is -4.22. The molecule has 0 bridgehead atoms. The summed E-state index contributed by atoms with van der Waals surface area (Å²) in [5, 5.41) is 10.4. The highest BCUT2D eigenvalue weighted by molar-refractivity contribution is 6.01. The number of hydrogen-bond donors (Lipinski definition) is 3. The van der Waals surface area contributed by atoms with E-state index in [1.165, 1.54) is 6.20 Å². The van der Waals surface area contributed by atoms with Gasteiger partial charge < -0.3 is 35.7 Å². The third-order valence-electron chi connectivity index (χ3n) is 8.15. The molecule has 4 atom stereocenters. The van der Waals surface area contributed by atoms with E-state index in [4.69, 9.17) is 25.7 Å². The van der Waals surface area contributed by atoms with Gasteiger partial charge in [-0.05, 0) is 18.9 Å². The number of nitrogens with zero attached hydrogens (tertiary/aromatic N) is 3. The number of carbonyl (C=O) groups excluding carboxylic acids is 1. The number of aliphatic hydroxyl groups is 1. The number of hydrogen-bond acceptors (Lipinski definition) is 9. The molecule has 2 fully saturated rings. The summed E-state index contributed by atoms with van der Waals surface area (Å²) in [6.07, 6.45) is 2.25. The van der Waals surface area contributed by atoms with Gasteiger partial charge in [0.2, 0.25) is 5.88 Å². The van der Waals surface area contributed by atoms with Crippen LogP contribution in [0.4, 0.5) is 18.9 Å². The van der Waals surface area contributed by atoms with E-state index in [1.807, 2.05) is 11.8 Å². The van der Waals surface area contributed by atoms with Gasteiger partial charge in [-0.25, -0.2) is 23.1 Å². The second-order valence-corrected chi connectivity index (χ2v) is 11.2. The number of fused-ring (bicyclic) bond motifs is 1. The van der Waals surface area contributed by atoms with E-state index < -0.39 is 52.5 Å². The maximum Gasteiger partial charge on any atom is 0.267 e. The van der Waals surface area contributed by atoms with Crippen LogP contribution in [0.25, 0.3) is 22.4 Å². The summed E-state index contributed by atoms with van der Waals surface area (Å²) in [6, 6.07) is 2.31. The van der Waals surface area contributed by atoms with Crippen molar-refractivity contribution < 1.29 is 37.3 Å². The number of amides is 1. The number of carbonyl (C=O) groups is 1. The van der Waals surface area contributed by atoms with E-state index in [1.54, 1.807) is 0 Å². The molecule has 1 unspecified atom stereocenters. The molecule has 0 radical (unpaired) electrons. The quantitative estimate of drug-likeness (QED) is 0.389. The van der Waals surface area contributed by atoms with Gasteiger partial charge in [-0.1, -0.05) is 6.92 Å². The number of pyridine rings is 2. The summed E-state index contributed by atoms with van der Waals surface area (Å²) in [6.45, 7) is 3.80. The predicted octanol–water partition coefficient (Wildman–Crippen LogP) is 2.96. The van der Waals surface area contributed by atoms with Crippen molar-refractivity contribution in [2.45, 2.75) is 44.4 Å². The van der Waals surface area contributed by atoms with Crippen LogP contribution < -0.4 is 25.8 Å². The van der Waals surface area contributed by atoms with Crippen LogP contribution in [0.1, 0.15) is 35.8 Å². The molecule has 3 aliphatic heterocycles. The van der Waals surface area contributed by atoms with Crippen molar-refractivity contribution in [3.05, 3.63) is 53.1 Å². The minimum atomic E-state index is -1.12. The van der Waals surface area contributed by atoms with Crippen LogP contribution in [0.2, 0.25) is 0 Å². The molecule has 0 saturated carbocycles. The molecule has 0 aliphatic carbocycles. The SMILES string of the molecule is C[C@H]1CN(c2c(-c3cc(F)c(-c4c(F)cc(OC5CCCOC5)cc4F)nc3C(N)=O)cnc3c2CCO3)C[C@@H](N)[C@@H]1O. The normalized spacial score (nSPS) is 23.5. The van der Waals surface area contributed by atoms with Crippen LogP contribution in [-0.4, -0.2) is 72.1 Å². The number of piperidine rings is 1. The molecule has 2 saturated heterocycles. The van der Waals surface area contributed by atoms with Gasteiger partial charge in [0.05, 0.1) is 30.6 Å². The molecule has 1 amide bonds. The number of nitrogens with two attached hydrogens (primary N) is 2. The molecule has 2 aromatic heterocycles. The third-order valence-corrected chi connectivity index (χ3v) is 8.15. The molecule has 5 N–H and O–H groups in total. The highest BCUT2D eigenvalue weighted by atomic mass is 19.1. The molecule has 1 aromatic carbocycles. The van der Waals surface area contributed by atoms with Gasteiger partial charge in [0.1, 0.15) is 40.7 Å². The molecule has 3 aromatic rings. The van der Waals surface area contributed by atoms with Crippen molar-refractivity contribution in [3.63, 3.8) is 0 Å². The molecular formula is C30H32F3N5O5. The topological polar surface area (TPSA) is 146 Å². The molecule has 10 nitrogen and oxygen atoms in total. The van der Waals surface area contributed by atoms with Crippen molar-refractivity contribution in [2.75, 3.05) is 37.8 Å². The molecule has 13 heteroatoms. The van der Waals surface area contributed by atoms with Crippen molar-refractivity contribution in [3.8, 4) is 34.0 Å². The summed E-state index contributed by atoms with van der Waals surface area (Å²) in [7, 11) is 0. The lowest BCUT2D eigenvalue weighted by molar-refractivity contribution is 0.00720. The van der Waals surface area contributed by atoms with Crippen LogP contribution in [0.3, 0.4) is 0 Å². The number of primary amides is 1. The number of benzene rings is 1. The van der Waals surface area contributed by atoms with Gasteiger partial charge in [0.15, 0.2) is 0 Å². The first-order valence-corrected chi connectivity index (χ1v) is 14.2. The lowest BCUT2D eigenvalue weighted by Gasteiger charge is -2.41.